The average molecular weight is 353 g/mol. The topological polar surface area (TPSA) is 78.4 Å². The maximum absolute atomic E-state index is 13.5. The lowest BCUT2D eigenvalue weighted by Gasteiger charge is -2.10. The highest BCUT2D eigenvalue weighted by Gasteiger charge is 2.17. The quantitative estimate of drug-likeness (QED) is 0.782. The number of hydrogen-bond donors (Lipinski definition) is 3. The number of halogens is 2. The third-order valence-electron chi connectivity index (χ3n) is 2.56. The van der Waals surface area contributed by atoms with Gasteiger partial charge in [0.05, 0.1) is 5.69 Å². The molecule has 21 heavy (non-hydrogen) atoms. The molecule has 0 bridgehead atoms. The van der Waals surface area contributed by atoms with E-state index in [1.165, 1.54) is 12.1 Å². The van der Waals surface area contributed by atoms with Crippen LogP contribution in [0.2, 0.25) is 0 Å². The van der Waals surface area contributed by atoms with E-state index in [1.807, 2.05) is 0 Å². The predicted octanol–water partition coefficient (Wildman–Crippen LogP) is 3.93. The summed E-state index contributed by atoms with van der Waals surface area (Å²) in [7, 11) is 0. The SMILES string of the molecule is O=C(Nc1cccc(Br)c1)Nc1cccc(F)c1C(=O)O. The fourth-order valence-corrected chi connectivity index (χ4v) is 2.10. The highest BCUT2D eigenvalue weighted by molar-refractivity contribution is 9.10. The molecule has 0 unspecified atom stereocenters. The van der Waals surface area contributed by atoms with E-state index in [9.17, 15) is 14.0 Å². The number of amides is 2. The Labute approximate surface area is 127 Å². The molecule has 0 saturated heterocycles. The number of rotatable bonds is 3. The van der Waals surface area contributed by atoms with Crippen LogP contribution in [0.1, 0.15) is 10.4 Å². The molecule has 0 fully saturated rings. The van der Waals surface area contributed by atoms with Gasteiger partial charge in [0, 0.05) is 10.2 Å². The van der Waals surface area contributed by atoms with Crippen LogP contribution in [0.15, 0.2) is 46.9 Å². The summed E-state index contributed by atoms with van der Waals surface area (Å²) in [5.74, 6) is -2.37. The zero-order valence-corrected chi connectivity index (χ0v) is 12.1. The molecule has 2 amide bonds. The summed E-state index contributed by atoms with van der Waals surface area (Å²) in [6, 6.07) is 9.82. The molecule has 0 aromatic heterocycles. The van der Waals surface area contributed by atoms with E-state index in [-0.39, 0.29) is 5.69 Å². The first-order valence-corrected chi connectivity index (χ1v) is 6.62. The van der Waals surface area contributed by atoms with E-state index in [1.54, 1.807) is 24.3 Å². The lowest BCUT2D eigenvalue weighted by Crippen LogP contribution is -2.21. The van der Waals surface area contributed by atoms with Crippen molar-refractivity contribution in [2.24, 2.45) is 0 Å². The molecule has 2 aromatic carbocycles. The second-order valence-electron chi connectivity index (χ2n) is 4.06. The summed E-state index contributed by atoms with van der Waals surface area (Å²) >= 11 is 3.26. The maximum Gasteiger partial charge on any atom is 0.340 e. The monoisotopic (exact) mass is 352 g/mol. The van der Waals surface area contributed by atoms with Crippen molar-refractivity contribution >= 4 is 39.3 Å². The summed E-state index contributed by atoms with van der Waals surface area (Å²) in [5.41, 5.74) is -0.188. The number of aromatic carboxylic acids is 1. The van der Waals surface area contributed by atoms with Crippen LogP contribution in [0.3, 0.4) is 0 Å². The second-order valence-corrected chi connectivity index (χ2v) is 4.97. The Hall–Kier alpha value is -2.41. The minimum atomic E-state index is -1.45. The predicted molar refractivity (Wildman–Crippen MR) is 80.1 cm³/mol. The molecule has 0 radical (unpaired) electrons. The smallest absolute Gasteiger partial charge is 0.340 e. The van der Waals surface area contributed by atoms with Crippen LogP contribution in [0, 0.1) is 5.82 Å². The van der Waals surface area contributed by atoms with Crippen LogP contribution in [0.25, 0.3) is 0 Å². The van der Waals surface area contributed by atoms with Crippen molar-refractivity contribution in [3.8, 4) is 0 Å². The number of anilines is 2. The average Bonchev–Trinajstić information content (AvgIpc) is 2.37. The van der Waals surface area contributed by atoms with Gasteiger partial charge in [0.25, 0.3) is 0 Å². The number of carboxylic acids is 1. The van der Waals surface area contributed by atoms with Gasteiger partial charge < -0.3 is 15.7 Å². The molecule has 7 heteroatoms. The molecule has 5 nitrogen and oxygen atoms in total. The Balaban J connectivity index is 2.17. The zero-order valence-electron chi connectivity index (χ0n) is 10.6. The number of urea groups is 1. The van der Waals surface area contributed by atoms with Gasteiger partial charge in [0.2, 0.25) is 0 Å². The third-order valence-corrected chi connectivity index (χ3v) is 3.05. The molecule has 0 spiro atoms. The van der Waals surface area contributed by atoms with Crippen LogP contribution in [0.5, 0.6) is 0 Å². The van der Waals surface area contributed by atoms with Crippen molar-refractivity contribution in [1.29, 1.82) is 0 Å². The molecule has 0 aliphatic heterocycles. The van der Waals surface area contributed by atoms with Gasteiger partial charge in [-0.2, -0.15) is 0 Å². The lowest BCUT2D eigenvalue weighted by molar-refractivity contribution is 0.0693. The normalized spacial score (nSPS) is 10.0. The molecular formula is C14H10BrFN2O3. The number of nitrogens with one attached hydrogen (secondary N) is 2. The minimum Gasteiger partial charge on any atom is -0.478 e. The highest BCUT2D eigenvalue weighted by atomic mass is 79.9. The number of carbonyl (C=O) groups excluding carboxylic acids is 1. The number of carbonyl (C=O) groups is 2. The van der Waals surface area contributed by atoms with Crippen LogP contribution >= 0.6 is 15.9 Å². The van der Waals surface area contributed by atoms with E-state index in [4.69, 9.17) is 5.11 Å². The van der Waals surface area contributed by atoms with Gasteiger partial charge in [-0.1, -0.05) is 28.1 Å². The number of hydrogen-bond acceptors (Lipinski definition) is 2. The van der Waals surface area contributed by atoms with Gasteiger partial charge in [0.1, 0.15) is 11.4 Å². The maximum atomic E-state index is 13.5. The molecule has 0 saturated carbocycles. The van der Waals surface area contributed by atoms with E-state index >= 15 is 0 Å². The molecule has 2 rings (SSSR count). The van der Waals surface area contributed by atoms with Crippen molar-refractivity contribution in [3.05, 3.63) is 58.3 Å². The van der Waals surface area contributed by atoms with Crippen molar-refractivity contribution < 1.29 is 19.1 Å². The minimum absolute atomic E-state index is 0.116. The fraction of sp³-hybridized carbons (Fsp3) is 0. The molecule has 3 N–H and O–H groups in total. The molecule has 0 aliphatic carbocycles. The Morgan fingerprint density at radius 1 is 1.10 bits per heavy atom. The summed E-state index contributed by atoms with van der Waals surface area (Å²) in [5, 5.41) is 13.8. The first kappa shape index (κ1) is 15.0. The largest absolute Gasteiger partial charge is 0.478 e. The van der Waals surface area contributed by atoms with E-state index in [0.29, 0.717) is 5.69 Å². The molecule has 0 heterocycles. The van der Waals surface area contributed by atoms with Gasteiger partial charge in [-0.15, -0.1) is 0 Å². The Bertz CT molecular complexity index is 706. The fourth-order valence-electron chi connectivity index (χ4n) is 1.70. The first-order valence-electron chi connectivity index (χ1n) is 5.83. The number of benzene rings is 2. The Kier molecular flexibility index (Phi) is 4.54. The lowest BCUT2D eigenvalue weighted by atomic mass is 10.1. The van der Waals surface area contributed by atoms with Crippen molar-refractivity contribution in [2.75, 3.05) is 10.6 Å². The summed E-state index contributed by atoms with van der Waals surface area (Å²) in [4.78, 5) is 22.8. The first-order chi connectivity index (χ1) is 9.97. The van der Waals surface area contributed by atoms with Gasteiger partial charge in [-0.25, -0.2) is 14.0 Å². The van der Waals surface area contributed by atoms with E-state index in [2.05, 4.69) is 26.6 Å². The Morgan fingerprint density at radius 3 is 2.48 bits per heavy atom. The Morgan fingerprint density at radius 2 is 1.81 bits per heavy atom. The molecule has 0 aliphatic rings. The summed E-state index contributed by atoms with van der Waals surface area (Å²) in [6.07, 6.45) is 0. The van der Waals surface area contributed by atoms with Crippen molar-refractivity contribution in [3.63, 3.8) is 0 Å². The zero-order chi connectivity index (χ0) is 15.4. The van der Waals surface area contributed by atoms with Crippen LogP contribution in [-0.4, -0.2) is 17.1 Å². The molecule has 2 aromatic rings. The van der Waals surface area contributed by atoms with Crippen molar-refractivity contribution in [1.82, 2.24) is 0 Å². The van der Waals surface area contributed by atoms with Gasteiger partial charge in [-0.05, 0) is 30.3 Å². The number of carboxylic acid groups (broad SMARTS) is 1. The summed E-state index contributed by atoms with van der Waals surface area (Å²) < 4.78 is 14.2. The highest BCUT2D eigenvalue weighted by Crippen LogP contribution is 2.20. The molecule has 0 atom stereocenters. The second kappa shape index (κ2) is 6.36. The van der Waals surface area contributed by atoms with Gasteiger partial charge in [0.15, 0.2) is 0 Å². The van der Waals surface area contributed by atoms with Crippen LogP contribution in [0.4, 0.5) is 20.6 Å². The standard InChI is InChI=1S/C14H10BrFN2O3/c15-8-3-1-4-9(7-8)17-14(21)18-11-6-2-5-10(16)12(11)13(19)20/h1-7H,(H,19,20)(H2,17,18,21). The summed E-state index contributed by atoms with van der Waals surface area (Å²) in [6.45, 7) is 0. The third kappa shape index (κ3) is 3.79. The van der Waals surface area contributed by atoms with E-state index < -0.39 is 23.4 Å². The van der Waals surface area contributed by atoms with Crippen LogP contribution < -0.4 is 10.6 Å². The molecule has 108 valence electrons. The van der Waals surface area contributed by atoms with Gasteiger partial charge >= 0.3 is 12.0 Å². The van der Waals surface area contributed by atoms with Crippen molar-refractivity contribution in [2.45, 2.75) is 0 Å². The van der Waals surface area contributed by atoms with Gasteiger partial charge in [-0.3, -0.25) is 0 Å². The van der Waals surface area contributed by atoms with Crippen LogP contribution in [-0.2, 0) is 0 Å². The molecular weight excluding hydrogens is 343 g/mol. The van der Waals surface area contributed by atoms with E-state index in [0.717, 1.165) is 10.5 Å².